The van der Waals surface area contributed by atoms with Crippen molar-refractivity contribution in [2.45, 2.75) is 52.7 Å². The largest absolute Gasteiger partial charge is 0.439 e. The van der Waals surface area contributed by atoms with Gasteiger partial charge in [-0.25, -0.2) is 9.69 Å². The quantitative estimate of drug-likeness (QED) is 0.709. The molecule has 4 heteroatoms. The smallest absolute Gasteiger partial charge is 0.417 e. The minimum atomic E-state index is -0.540. The predicted octanol–water partition coefficient (Wildman–Crippen LogP) is 4.72. The Balaban J connectivity index is 2.18. The maximum Gasteiger partial charge on any atom is 0.417 e. The van der Waals surface area contributed by atoms with E-state index in [0.29, 0.717) is 6.42 Å². The van der Waals surface area contributed by atoms with Gasteiger partial charge in [-0.05, 0) is 38.2 Å². The van der Waals surface area contributed by atoms with Gasteiger partial charge in [-0.1, -0.05) is 49.8 Å². The van der Waals surface area contributed by atoms with Gasteiger partial charge in [-0.15, -0.1) is 6.58 Å². The van der Waals surface area contributed by atoms with Crippen LogP contribution in [0.15, 0.2) is 42.5 Å². The van der Waals surface area contributed by atoms with Crippen LogP contribution in [0.4, 0.5) is 4.79 Å². The Morgan fingerprint density at radius 2 is 1.92 bits per heavy atom. The molecule has 0 spiro atoms. The van der Waals surface area contributed by atoms with E-state index < -0.39 is 12.2 Å². The maximum absolute atomic E-state index is 13.0. The Morgan fingerprint density at radius 3 is 2.46 bits per heavy atom. The van der Waals surface area contributed by atoms with Crippen molar-refractivity contribution < 1.29 is 14.3 Å². The van der Waals surface area contributed by atoms with Gasteiger partial charge in [-0.3, -0.25) is 4.79 Å². The highest BCUT2D eigenvalue weighted by molar-refractivity contribution is 5.95. The summed E-state index contributed by atoms with van der Waals surface area (Å²) in [5.41, 5.74) is 1.96. The van der Waals surface area contributed by atoms with Crippen molar-refractivity contribution >= 4 is 12.0 Å². The summed E-state index contributed by atoms with van der Waals surface area (Å²) in [5, 5.41) is 0. The summed E-state index contributed by atoms with van der Waals surface area (Å²) in [6.07, 6.45) is 0.547. The molecule has 1 aliphatic heterocycles. The molecule has 1 aromatic rings. The predicted molar refractivity (Wildman–Crippen MR) is 94.3 cm³/mol. The first-order chi connectivity index (χ1) is 11.3. The Kier molecular flexibility index (Phi) is 5.81. The Hall–Kier alpha value is -2.10. The second-order valence-corrected chi connectivity index (χ2v) is 7.01. The van der Waals surface area contributed by atoms with Crippen LogP contribution in [-0.2, 0) is 9.53 Å². The SMILES string of the molecule is C=C(C)CC[C@@H](C(=O)N1C(=O)O[C@@H](c2ccccc2)[C@H]1C)C(C)C. The van der Waals surface area contributed by atoms with E-state index in [2.05, 4.69) is 6.58 Å². The summed E-state index contributed by atoms with van der Waals surface area (Å²) in [4.78, 5) is 26.6. The molecule has 1 heterocycles. The molecular formula is C20H27NO3. The number of amides is 2. The van der Waals surface area contributed by atoms with Crippen molar-refractivity contribution in [1.29, 1.82) is 0 Å². The lowest BCUT2D eigenvalue weighted by Crippen LogP contribution is -2.43. The van der Waals surface area contributed by atoms with Gasteiger partial charge in [0, 0.05) is 5.92 Å². The molecule has 0 saturated carbocycles. The van der Waals surface area contributed by atoms with Gasteiger partial charge in [0.05, 0.1) is 6.04 Å². The molecule has 0 bridgehead atoms. The summed E-state index contributed by atoms with van der Waals surface area (Å²) in [6, 6.07) is 9.26. The number of carbonyl (C=O) groups excluding carboxylic acids is 2. The zero-order valence-electron chi connectivity index (χ0n) is 15.0. The zero-order valence-corrected chi connectivity index (χ0v) is 15.0. The molecule has 1 aromatic carbocycles. The summed E-state index contributed by atoms with van der Waals surface area (Å²) in [6.45, 7) is 11.8. The Bertz CT molecular complexity index is 609. The average Bonchev–Trinajstić information content (AvgIpc) is 2.82. The van der Waals surface area contributed by atoms with Gasteiger partial charge in [0.15, 0.2) is 0 Å². The standard InChI is InChI=1S/C20H27NO3/c1-13(2)11-12-17(14(3)4)19(22)21-15(5)18(24-20(21)23)16-9-7-6-8-10-16/h6-10,14-15,17-18H,1,11-12H2,2-5H3/t15-,17-,18-/m1/s1. The number of rotatable bonds is 6. The highest BCUT2D eigenvalue weighted by Gasteiger charge is 2.45. The van der Waals surface area contributed by atoms with E-state index in [1.807, 2.05) is 58.0 Å². The Labute approximate surface area is 144 Å². The molecule has 2 rings (SSSR count). The lowest BCUT2D eigenvalue weighted by atomic mass is 9.88. The first kappa shape index (κ1) is 18.2. The number of carbonyl (C=O) groups is 2. The third kappa shape index (κ3) is 3.86. The third-order valence-electron chi connectivity index (χ3n) is 4.64. The summed E-state index contributed by atoms with van der Waals surface area (Å²) in [5.74, 6) is -0.180. The second-order valence-electron chi connectivity index (χ2n) is 7.01. The van der Waals surface area contributed by atoms with Gasteiger partial charge in [0.2, 0.25) is 5.91 Å². The number of benzene rings is 1. The maximum atomic E-state index is 13.0. The number of allylic oxidation sites excluding steroid dienone is 1. The molecule has 0 N–H and O–H groups in total. The molecular weight excluding hydrogens is 302 g/mol. The number of ether oxygens (including phenoxy) is 1. The van der Waals surface area contributed by atoms with E-state index in [1.165, 1.54) is 4.90 Å². The second kappa shape index (κ2) is 7.65. The van der Waals surface area contributed by atoms with Crippen LogP contribution in [0.2, 0.25) is 0 Å². The first-order valence-electron chi connectivity index (χ1n) is 8.56. The number of cyclic esters (lactones) is 1. The zero-order chi connectivity index (χ0) is 17.9. The number of hydrogen-bond donors (Lipinski definition) is 0. The molecule has 3 atom stereocenters. The van der Waals surface area contributed by atoms with Crippen LogP contribution in [0.1, 0.15) is 52.2 Å². The molecule has 0 aliphatic carbocycles. The fourth-order valence-electron chi connectivity index (χ4n) is 3.17. The van der Waals surface area contributed by atoms with Crippen LogP contribution < -0.4 is 0 Å². The third-order valence-corrected chi connectivity index (χ3v) is 4.64. The van der Waals surface area contributed by atoms with Crippen molar-refractivity contribution in [2.75, 3.05) is 0 Å². The summed E-state index contributed by atoms with van der Waals surface area (Å²) in [7, 11) is 0. The fourth-order valence-corrected chi connectivity index (χ4v) is 3.17. The summed E-state index contributed by atoms with van der Waals surface area (Å²) < 4.78 is 5.50. The van der Waals surface area contributed by atoms with Crippen LogP contribution in [0, 0.1) is 11.8 Å². The Morgan fingerprint density at radius 1 is 1.29 bits per heavy atom. The molecule has 24 heavy (non-hydrogen) atoms. The lowest BCUT2D eigenvalue weighted by Gasteiger charge is -2.26. The van der Waals surface area contributed by atoms with Gasteiger partial charge >= 0.3 is 6.09 Å². The normalized spacial score (nSPS) is 21.7. The number of hydrogen-bond acceptors (Lipinski definition) is 3. The molecule has 0 unspecified atom stereocenters. The highest BCUT2D eigenvalue weighted by atomic mass is 16.6. The van der Waals surface area contributed by atoms with Crippen molar-refractivity contribution in [1.82, 2.24) is 4.90 Å². The van der Waals surface area contributed by atoms with E-state index in [0.717, 1.165) is 17.6 Å². The number of nitrogens with zero attached hydrogens (tertiary/aromatic N) is 1. The van der Waals surface area contributed by atoms with Gasteiger partial charge < -0.3 is 4.74 Å². The van der Waals surface area contributed by atoms with Crippen molar-refractivity contribution in [2.24, 2.45) is 11.8 Å². The monoisotopic (exact) mass is 329 g/mol. The number of imide groups is 1. The molecule has 1 aliphatic rings. The van der Waals surface area contributed by atoms with Crippen LogP contribution >= 0.6 is 0 Å². The van der Waals surface area contributed by atoms with Crippen molar-refractivity contribution in [3.63, 3.8) is 0 Å². The van der Waals surface area contributed by atoms with E-state index in [-0.39, 0.29) is 23.8 Å². The van der Waals surface area contributed by atoms with E-state index in [9.17, 15) is 9.59 Å². The van der Waals surface area contributed by atoms with Gasteiger partial charge in [0.1, 0.15) is 6.10 Å². The van der Waals surface area contributed by atoms with Crippen molar-refractivity contribution in [3.8, 4) is 0 Å². The molecule has 1 saturated heterocycles. The average molecular weight is 329 g/mol. The van der Waals surface area contributed by atoms with Crippen LogP contribution in [0.25, 0.3) is 0 Å². The lowest BCUT2D eigenvalue weighted by molar-refractivity contribution is -0.135. The fraction of sp³-hybridized carbons (Fsp3) is 0.500. The van der Waals surface area contributed by atoms with E-state index >= 15 is 0 Å². The minimum Gasteiger partial charge on any atom is -0.439 e. The minimum absolute atomic E-state index is 0.137. The molecule has 130 valence electrons. The van der Waals surface area contributed by atoms with E-state index in [1.54, 1.807) is 0 Å². The van der Waals surface area contributed by atoms with Crippen LogP contribution in [0.5, 0.6) is 0 Å². The molecule has 0 radical (unpaired) electrons. The molecule has 1 fully saturated rings. The topological polar surface area (TPSA) is 46.6 Å². The van der Waals surface area contributed by atoms with Gasteiger partial charge in [0.25, 0.3) is 0 Å². The van der Waals surface area contributed by atoms with E-state index in [4.69, 9.17) is 4.74 Å². The molecule has 4 nitrogen and oxygen atoms in total. The molecule has 2 amide bonds. The van der Waals surface area contributed by atoms with Crippen molar-refractivity contribution in [3.05, 3.63) is 48.0 Å². The first-order valence-corrected chi connectivity index (χ1v) is 8.56. The highest BCUT2D eigenvalue weighted by Crippen LogP contribution is 2.34. The van der Waals surface area contributed by atoms with Crippen LogP contribution in [-0.4, -0.2) is 22.9 Å². The molecule has 0 aromatic heterocycles. The van der Waals surface area contributed by atoms with Crippen LogP contribution in [0.3, 0.4) is 0 Å². The summed E-state index contributed by atoms with van der Waals surface area (Å²) >= 11 is 0. The van der Waals surface area contributed by atoms with Gasteiger partial charge in [-0.2, -0.15) is 0 Å².